The molecule has 2 fully saturated rings. The molecule has 2 aliphatic rings. The maximum Gasteiger partial charge on any atom is 0.236 e. The average Bonchev–Trinajstić information content (AvgIpc) is 2.91. The molecule has 1 saturated carbocycles. The van der Waals surface area contributed by atoms with E-state index in [4.69, 9.17) is 5.73 Å². The fourth-order valence-corrected chi connectivity index (χ4v) is 1.97. The molecule has 2 N–H and O–H groups in total. The number of rotatable bonds is 3. The van der Waals surface area contributed by atoms with Gasteiger partial charge in [-0.2, -0.15) is 0 Å². The Morgan fingerprint density at radius 1 is 1.50 bits per heavy atom. The summed E-state index contributed by atoms with van der Waals surface area (Å²) in [6.07, 6.45) is 3.39. The van der Waals surface area contributed by atoms with Crippen LogP contribution in [0.2, 0.25) is 0 Å². The fourth-order valence-electron chi connectivity index (χ4n) is 1.97. The first-order valence-electron chi connectivity index (χ1n) is 5.40. The molecule has 1 saturated heterocycles. The molecule has 1 unspecified atom stereocenters. The number of likely N-dealkylation sites (N-methyl/N-ethyl adjacent to an activating group) is 1. The zero-order valence-corrected chi connectivity index (χ0v) is 8.78. The number of nitrogens with zero attached hydrogens (tertiary/aromatic N) is 2. The van der Waals surface area contributed by atoms with Crippen molar-refractivity contribution in [3.63, 3.8) is 0 Å². The number of hydrogen-bond donors (Lipinski definition) is 1. The SMILES string of the molecule is CN(C(=O)CN1CCC(N)C1)C1CC1. The molecule has 0 aromatic heterocycles. The van der Waals surface area contributed by atoms with Crippen LogP contribution in [0.25, 0.3) is 0 Å². The van der Waals surface area contributed by atoms with E-state index in [1.54, 1.807) is 0 Å². The van der Waals surface area contributed by atoms with Gasteiger partial charge in [0.1, 0.15) is 0 Å². The lowest BCUT2D eigenvalue weighted by atomic mass is 10.3. The van der Waals surface area contributed by atoms with Crippen molar-refractivity contribution in [3.05, 3.63) is 0 Å². The second-order valence-corrected chi connectivity index (χ2v) is 4.52. The Balaban J connectivity index is 1.76. The monoisotopic (exact) mass is 197 g/mol. The van der Waals surface area contributed by atoms with Gasteiger partial charge in [0.15, 0.2) is 0 Å². The summed E-state index contributed by atoms with van der Waals surface area (Å²) in [6, 6.07) is 0.799. The van der Waals surface area contributed by atoms with Gasteiger partial charge in [-0.05, 0) is 19.3 Å². The number of nitrogens with two attached hydrogens (primary N) is 1. The van der Waals surface area contributed by atoms with Gasteiger partial charge in [-0.25, -0.2) is 0 Å². The first-order chi connectivity index (χ1) is 6.66. The zero-order valence-electron chi connectivity index (χ0n) is 8.78. The van der Waals surface area contributed by atoms with Crippen LogP contribution in [0, 0.1) is 0 Å². The summed E-state index contributed by atoms with van der Waals surface area (Å²) >= 11 is 0. The smallest absolute Gasteiger partial charge is 0.236 e. The quantitative estimate of drug-likeness (QED) is 0.672. The molecule has 80 valence electrons. The summed E-state index contributed by atoms with van der Waals surface area (Å²) in [5, 5.41) is 0. The molecule has 1 aliphatic carbocycles. The number of hydrogen-bond acceptors (Lipinski definition) is 3. The lowest BCUT2D eigenvalue weighted by molar-refractivity contribution is -0.131. The van der Waals surface area contributed by atoms with Crippen molar-refractivity contribution in [2.24, 2.45) is 5.73 Å². The van der Waals surface area contributed by atoms with Crippen LogP contribution in [0.3, 0.4) is 0 Å². The van der Waals surface area contributed by atoms with Crippen LogP contribution >= 0.6 is 0 Å². The predicted molar refractivity (Wildman–Crippen MR) is 54.8 cm³/mol. The van der Waals surface area contributed by atoms with Crippen molar-refractivity contribution in [1.82, 2.24) is 9.80 Å². The van der Waals surface area contributed by atoms with Crippen molar-refractivity contribution in [3.8, 4) is 0 Å². The average molecular weight is 197 g/mol. The molecular weight excluding hydrogens is 178 g/mol. The summed E-state index contributed by atoms with van der Waals surface area (Å²) in [7, 11) is 1.91. The summed E-state index contributed by atoms with van der Waals surface area (Å²) in [5.41, 5.74) is 5.78. The maximum atomic E-state index is 11.7. The summed E-state index contributed by atoms with van der Waals surface area (Å²) in [5.74, 6) is 0.251. The van der Waals surface area contributed by atoms with E-state index < -0.39 is 0 Å². The summed E-state index contributed by atoms with van der Waals surface area (Å²) in [6.45, 7) is 2.41. The van der Waals surface area contributed by atoms with Crippen LogP contribution in [0.5, 0.6) is 0 Å². The molecule has 0 spiro atoms. The normalized spacial score (nSPS) is 28.0. The topological polar surface area (TPSA) is 49.6 Å². The van der Waals surface area contributed by atoms with E-state index in [0.717, 1.165) is 19.5 Å². The number of carbonyl (C=O) groups is 1. The predicted octanol–water partition coefficient (Wildman–Crippen LogP) is -0.360. The second-order valence-electron chi connectivity index (χ2n) is 4.52. The molecule has 4 nitrogen and oxygen atoms in total. The lowest BCUT2D eigenvalue weighted by Gasteiger charge is -2.20. The third-order valence-corrected chi connectivity index (χ3v) is 3.16. The summed E-state index contributed by atoms with van der Waals surface area (Å²) < 4.78 is 0. The Bertz CT molecular complexity index is 227. The number of carbonyl (C=O) groups excluding carboxylic acids is 1. The van der Waals surface area contributed by atoms with Gasteiger partial charge in [0.2, 0.25) is 5.91 Å². The van der Waals surface area contributed by atoms with Crippen molar-refractivity contribution in [2.75, 3.05) is 26.7 Å². The van der Waals surface area contributed by atoms with E-state index in [1.165, 1.54) is 12.8 Å². The van der Waals surface area contributed by atoms with Gasteiger partial charge in [0.25, 0.3) is 0 Å². The lowest BCUT2D eigenvalue weighted by Crippen LogP contribution is -2.39. The van der Waals surface area contributed by atoms with E-state index in [-0.39, 0.29) is 11.9 Å². The van der Waals surface area contributed by atoms with Crippen LogP contribution in [0.15, 0.2) is 0 Å². The van der Waals surface area contributed by atoms with Gasteiger partial charge < -0.3 is 10.6 Å². The van der Waals surface area contributed by atoms with Crippen molar-refractivity contribution in [2.45, 2.75) is 31.3 Å². The third-order valence-electron chi connectivity index (χ3n) is 3.16. The molecule has 0 aromatic rings. The van der Waals surface area contributed by atoms with Crippen LogP contribution in [0.1, 0.15) is 19.3 Å². The molecular formula is C10H19N3O. The summed E-state index contributed by atoms with van der Waals surface area (Å²) in [4.78, 5) is 15.8. The van der Waals surface area contributed by atoms with Gasteiger partial charge >= 0.3 is 0 Å². The Labute approximate surface area is 85.0 Å². The Hall–Kier alpha value is -0.610. The standard InChI is InChI=1S/C10H19N3O/c1-12(9-2-3-9)10(14)7-13-5-4-8(11)6-13/h8-9H,2-7,11H2,1H3. The molecule has 2 rings (SSSR count). The van der Waals surface area contributed by atoms with Gasteiger partial charge in [0.05, 0.1) is 6.54 Å². The highest BCUT2D eigenvalue weighted by atomic mass is 16.2. The van der Waals surface area contributed by atoms with E-state index in [9.17, 15) is 4.79 Å². The Morgan fingerprint density at radius 2 is 2.21 bits per heavy atom. The van der Waals surface area contributed by atoms with Crippen LogP contribution in [-0.4, -0.2) is 54.5 Å². The highest BCUT2D eigenvalue weighted by molar-refractivity contribution is 5.78. The van der Waals surface area contributed by atoms with Crippen LogP contribution in [0.4, 0.5) is 0 Å². The van der Waals surface area contributed by atoms with Crippen LogP contribution in [-0.2, 0) is 4.79 Å². The molecule has 1 aliphatic heterocycles. The minimum atomic E-state index is 0.251. The van der Waals surface area contributed by atoms with Gasteiger partial charge in [-0.1, -0.05) is 0 Å². The molecule has 14 heavy (non-hydrogen) atoms. The van der Waals surface area contributed by atoms with Crippen molar-refractivity contribution in [1.29, 1.82) is 0 Å². The molecule has 1 heterocycles. The van der Waals surface area contributed by atoms with E-state index >= 15 is 0 Å². The Kier molecular flexibility index (Phi) is 2.74. The number of amides is 1. The van der Waals surface area contributed by atoms with E-state index in [0.29, 0.717) is 12.6 Å². The molecule has 0 aromatic carbocycles. The first-order valence-corrected chi connectivity index (χ1v) is 5.40. The maximum absolute atomic E-state index is 11.7. The largest absolute Gasteiger partial charge is 0.342 e. The fraction of sp³-hybridized carbons (Fsp3) is 0.900. The zero-order chi connectivity index (χ0) is 10.1. The van der Waals surface area contributed by atoms with E-state index in [1.807, 2.05) is 11.9 Å². The third kappa shape index (κ3) is 2.25. The van der Waals surface area contributed by atoms with Gasteiger partial charge in [-0.15, -0.1) is 0 Å². The second kappa shape index (κ2) is 3.87. The molecule has 0 radical (unpaired) electrons. The first kappa shape index (κ1) is 9.93. The molecule has 4 heteroatoms. The molecule has 1 atom stereocenters. The van der Waals surface area contributed by atoms with Gasteiger partial charge in [0, 0.05) is 32.2 Å². The van der Waals surface area contributed by atoms with Crippen molar-refractivity contribution >= 4 is 5.91 Å². The minimum absolute atomic E-state index is 0.251. The van der Waals surface area contributed by atoms with Crippen molar-refractivity contribution < 1.29 is 4.79 Å². The van der Waals surface area contributed by atoms with Gasteiger partial charge in [-0.3, -0.25) is 9.69 Å². The minimum Gasteiger partial charge on any atom is -0.342 e. The van der Waals surface area contributed by atoms with Crippen LogP contribution < -0.4 is 5.73 Å². The number of likely N-dealkylation sites (tertiary alicyclic amines) is 1. The Morgan fingerprint density at radius 3 is 2.71 bits per heavy atom. The highest BCUT2D eigenvalue weighted by Crippen LogP contribution is 2.25. The highest BCUT2D eigenvalue weighted by Gasteiger charge is 2.31. The molecule has 0 bridgehead atoms. The molecule has 1 amide bonds. The van der Waals surface area contributed by atoms with E-state index in [2.05, 4.69) is 4.90 Å².